The van der Waals surface area contributed by atoms with Crippen molar-refractivity contribution >= 4 is 11.6 Å². The highest BCUT2D eigenvalue weighted by atomic mass is 19.1. The minimum atomic E-state index is -1.38. The zero-order valence-electron chi connectivity index (χ0n) is 18.9. The van der Waals surface area contributed by atoms with Gasteiger partial charge < -0.3 is 20.3 Å². The number of nitrogens with one attached hydrogen (secondary N) is 1. The molecule has 4 aromatic rings. The number of imidazole rings is 1. The van der Waals surface area contributed by atoms with Crippen LogP contribution in [-0.2, 0) is 18.7 Å². The van der Waals surface area contributed by atoms with Gasteiger partial charge in [-0.1, -0.05) is 6.07 Å². The van der Waals surface area contributed by atoms with Crippen LogP contribution in [0.25, 0.3) is 5.65 Å². The summed E-state index contributed by atoms with van der Waals surface area (Å²) in [7, 11) is 0. The number of halogens is 2. The Kier molecular flexibility index (Phi) is 6.71. The maximum Gasteiger partial charge on any atom is 0.271 e. The first-order valence-electron chi connectivity index (χ1n) is 10.6. The quantitative estimate of drug-likeness (QED) is 0.319. The monoisotopic (exact) mass is 487 g/mol. The van der Waals surface area contributed by atoms with Crippen molar-refractivity contribution in [1.82, 2.24) is 34.9 Å². The summed E-state index contributed by atoms with van der Waals surface area (Å²) in [6.45, 7) is 2.15. The molecule has 0 saturated carbocycles. The predicted octanol–water partition coefficient (Wildman–Crippen LogP) is 1.12. The van der Waals surface area contributed by atoms with E-state index < -0.39 is 29.7 Å². The molecule has 1 atom stereocenters. The Morgan fingerprint density at radius 2 is 1.94 bits per heavy atom. The molecule has 0 aliphatic rings. The largest absolute Gasteiger partial charge is 0.485 e. The third-order valence-electron chi connectivity index (χ3n) is 5.39. The number of aromatic nitrogens is 6. The Morgan fingerprint density at radius 3 is 2.63 bits per heavy atom. The number of hydrogen-bond donors (Lipinski definition) is 3. The number of hydrogen-bond acceptors (Lipinski definition) is 8. The molecule has 1 unspecified atom stereocenters. The topological polar surface area (TPSA) is 140 Å². The Hall–Kier alpha value is -3.97. The number of aryl methyl sites for hydroxylation is 1. The second-order valence-corrected chi connectivity index (χ2v) is 7.98. The third-order valence-corrected chi connectivity index (χ3v) is 5.39. The van der Waals surface area contributed by atoms with Crippen molar-refractivity contribution in [2.24, 2.45) is 0 Å². The lowest BCUT2D eigenvalue weighted by Gasteiger charge is -2.25. The highest BCUT2D eigenvalue weighted by molar-refractivity contribution is 5.95. The highest BCUT2D eigenvalue weighted by Gasteiger charge is 2.35. The fourth-order valence-electron chi connectivity index (χ4n) is 3.49. The van der Waals surface area contributed by atoms with E-state index in [1.54, 1.807) is 25.3 Å². The van der Waals surface area contributed by atoms with Crippen LogP contribution in [0.2, 0.25) is 0 Å². The number of ether oxygens (including phenoxy) is 1. The molecule has 0 aliphatic carbocycles. The average molecular weight is 487 g/mol. The molecule has 3 N–H and O–H groups in total. The van der Waals surface area contributed by atoms with Crippen LogP contribution in [0.15, 0.2) is 36.5 Å². The molecule has 35 heavy (non-hydrogen) atoms. The van der Waals surface area contributed by atoms with Crippen LogP contribution in [0.4, 0.5) is 8.78 Å². The number of nitrogens with zero attached hydrogens (tertiary/aromatic N) is 6. The fourth-order valence-corrected chi connectivity index (χ4v) is 3.49. The van der Waals surface area contributed by atoms with Crippen molar-refractivity contribution in [3.8, 4) is 5.75 Å². The minimum Gasteiger partial charge on any atom is -0.485 e. The third kappa shape index (κ3) is 4.68. The maximum atomic E-state index is 14.0. The van der Waals surface area contributed by atoms with E-state index in [2.05, 4.69) is 25.7 Å². The first kappa shape index (κ1) is 24.2. The maximum absolute atomic E-state index is 14.0. The molecule has 13 heteroatoms. The number of amides is 1. The number of pyridine rings is 1. The standard InChI is InChI=1S/C22H23F2N7O4/c1-13-18(20(34)26-22(2,12-33)21-27-29-31(28-21)9-10-32)30-8-4-7-17(19(30)25-13)35-11-14-15(23)5-3-6-16(14)24/h3-8,32-33H,9-12H2,1-2H3,(H,26,34). The summed E-state index contributed by atoms with van der Waals surface area (Å²) in [5.74, 6) is -1.77. The lowest BCUT2D eigenvalue weighted by atomic mass is 10.0. The van der Waals surface area contributed by atoms with Gasteiger partial charge in [-0.15, -0.1) is 10.2 Å². The Morgan fingerprint density at radius 1 is 1.20 bits per heavy atom. The molecule has 0 aliphatic heterocycles. The second-order valence-electron chi connectivity index (χ2n) is 7.98. The fraction of sp³-hybridized carbons (Fsp3) is 0.318. The molecular weight excluding hydrogens is 464 g/mol. The van der Waals surface area contributed by atoms with Crippen molar-refractivity contribution in [1.29, 1.82) is 0 Å². The van der Waals surface area contributed by atoms with Crippen LogP contribution >= 0.6 is 0 Å². The van der Waals surface area contributed by atoms with Crippen molar-refractivity contribution in [2.45, 2.75) is 32.5 Å². The van der Waals surface area contributed by atoms with E-state index in [0.29, 0.717) is 5.69 Å². The van der Waals surface area contributed by atoms with Gasteiger partial charge in [-0.05, 0) is 43.3 Å². The van der Waals surface area contributed by atoms with Gasteiger partial charge in [0.15, 0.2) is 11.4 Å². The SMILES string of the molecule is Cc1nc2c(OCc3c(F)cccc3F)cccn2c1C(=O)NC(C)(CO)c1nnn(CCO)n1. The summed E-state index contributed by atoms with van der Waals surface area (Å²) in [5, 5.41) is 33.5. The number of benzene rings is 1. The van der Waals surface area contributed by atoms with Gasteiger partial charge in [0.25, 0.3) is 5.91 Å². The Balaban J connectivity index is 1.62. The number of aliphatic hydroxyl groups excluding tert-OH is 2. The molecule has 0 radical (unpaired) electrons. The van der Waals surface area contributed by atoms with Crippen LogP contribution < -0.4 is 10.1 Å². The van der Waals surface area contributed by atoms with E-state index >= 15 is 0 Å². The molecule has 184 valence electrons. The lowest BCUT2D eigenvalue weighted by Crippen LogP contribution is -2.47. The molecule has 1 aromatic carbocycles. The molecule has 0 bridgehead atoms. The molecule has 11 nitrogen and oxygen atoms in total. The van der Waals surface area contributed by atoms with Crippen LogP contribution in [0.5, 0.6) is 5.75 Å². The van der Waals surface area contributed by atoms with Gasteiger partial charge >= 0.3 is 0 Å². The van der Waals surface area contributed by atoms with Crippen molar-refractivity contribution in [3.05, 3.63) is 70.9 Å². The molecule has 3 aromatic heterocycles. The second kappa shape index (κ2) is 9.72. The first-order valence-corrected chi connectivity index (χ1v) is 10.6. The summed E-state index contributed by atoms with van der Waals surface area (Å²) >= 11 is 0. The minimum absolute atomic E-state index is 0.0595. The first-order chi connectivity index (χ1) is 16.8. The van der Waals surface area contributed by atoms with Gasteiger partial charge in [0.1, 0.15) is 29.5 Å². The lowest BCUT2D eigenvalue weighted by molar-refractivity contribution is 0.0832. The van der Waals surface area contributed by atoms with E-state index in [9.17, 15) is 18.7 Å². The van der Waals surface area contributed by atoms with E-state index in [1.807, 2.05) is 0 Å². The number of carbonyl (C=O) groups excluding carboxylic acids is 1. The zero-order chi connectivity index (χ0) is 25.2. The van der Waals surface area contributed by atoms with Gasteiger partial charge in [0.2, 0.25) is 5.82 Å². The van der Waals surface area contributed by atoms with E-state index in [1.165, 1.54) is 17.4 Å². The number of fused-ring (bicyclic) bond motifs is 1. The van der Waals surface area contributed by atoms with Crippen molar-refractivity contribution in [2.75, 3.05) is 13.2 Å². The summed E-state index contributed by atoms with van der Waals surface area (Å²) in [4.78, 5) is 18.8. The van der Waals surface area contributed by atoms with E-state index in [0.717, 1.165) is 16.9 Å². The van der Waals surface area contributed by atoms with Crippen LogP contribution in [-0.4, -0.2) is 58.9 Å². The normalized spacial score (nSPS) is 13.1. The molecule has 0 spiro atoms. The molecule has 4 rings (SSSR count). The number of rotatable bonds is 9. The van der Waals surface area contributed by atoms with E-state index in [4.69, 9.17) is 9.84 Å². The summed E-state index contributed by atoms with van der Waals surface area (Å²) in [5.41, 5.74) is -0.823. The molecule has 1 amide bonds. The molecule has 0 saturated heterocycles. The zero-order valence-corrected chi connectivity index (χ0v) is 18.9. The number of tetrazole rings is 1. The van der Waals surface area contributed by atoms with Crippen molar-refractivity contribution in [3.63, 3.8) is 0 Å². The summed E-state index contributed by atoms with van der Waals surface area (Å²) < 4.78 is 35.1. The predicted molar refractivity (Wildman–Crippen MR) is 117 cm³/mol. The van der Waals surface area contributed by atoms with Crippen LogP contribution in [0, 0.1) is 18.6 Å². The smallest absolute Gasteiger partial charge is 0.271 e. The molecule has 0 fully saturated rings. The van der Waals surface area contributed by atoms with Crippen LogP contribution in [0.1, 0.15) is 34.5 Å². The summed E-state index contributed by atoms with van der Waals surface area (Å²) in [6, 6.07) is 6.72. The highest BCUT2D eigenvalue weighted by Crippen LogP contribution is 2.25. The molecular formula is C22H23F2N7O4. The number of carbonyl (C=O) groups is 1. The van der Waals surface area contributed by atoms with Crippen LogP contribution in [0.3, 0.4) is 0 Å². The number of aliphatic hydroxyl groups is 2. The Labute approximate surface area is 198 Å². The van der Waals surface area contributed by atoms with Gasteiger partial charge in [0, 0.05) is 6.20 Å². The van der Waals surface area contributed by atoms with Gasteiger partial charge in [-0.25, -0.2) is 13.8 Å². The summed E-state index contributed by atoms with van der Waals surface area (Å²) in [6.07, 6.45) is 1.59. The van der Waals surface area contributed by atoms with Gasteiger partial charge in [0.05, 0.1) is 31.0 Å². The van der Waals surface area contributed by atoms with Crippen molar-refractivity contribution < 1.29 is 28.5 Å². The average Bonchev–Trinajstić information content (AvgIpc) is 3.43. The van der Waals surface area contributed by atoms with Gasteiger partial charge in [-0.2, -0.15) is 4.80 Å². The Bertz CT molecular complexity index is 1350. The van der Waals surface area contributed by atoms with Gasteiger partial charge in [-0.3, -0.25) is 9.20 Å². The van der Waals surface area contributed by atoms with E-state index in [-0.39, 0.29) is 48.2 Å². The molecule has 3 heterocycles.